The van der Waals surface area contributed by atoms with Crippen molar-refractivity contribution in [2.45, 2.75) is 30.7 Å². The number of carbonyl (C=O) groups is 2. The van der Waals surface area contributed by atoms with Crippen LogP contribution >= 0.6 is 0 Å². The number of carboxylic acid groups (broad SMARTS) is 1. The van der Waals surface area contributed by atoms with Crippen LogP contribution in [0.3, 0.4) is 0 Å². The van der Waals surface area contributed by atoms with Gasteiger partial charge in [0.05, 0.1) is 18.1 Å². The highest BCUT2D eigenvalue weighted by Gasteiger charge is 2.23. The number of sulfonamides is 1. The molecule has 1 aliphatic rings. The molecule has 0 bridgehead atoms. The van der Waals surface area contributed by atoms with Gasteiger partial charge in [-0.1, -0.05) is 0 Å². The topological polar surface area (TPSA) is 122 Å². The van der Waals surface area contributed by atoms with Gasteiger partial charge in [0.25, 0.3) is 0 Å². The molecule has 0 saturated carbocycles. The molecule has 1 aliphatic heterocycles. The second-order valence-electron chi connectivity index (χ2n) is 5.83. The maximum atomic E-state index is 12.4. The molecular formula is C16H22N2O7S. The van der Waals surface area contributed by atoms with Crippen molar-refractivity contribution in [2.24, 2.45) is 0 Å². The van der Waals surface area contributed by atoms with E-state index < -0.39 is 27.9 Å². The van der Waals surface area contributed by atoms with Gasteiger partial charge in [0.2, 0.25) is 15.9 Å². The summed E-state index contributed by atoms with van der Waals surface area (Å²) >= 11 is 0. The third kappa shape index (κ3) is 4.85. The molecule has 1 heterocycles. The predicted molar refractivity (Wildman–Crippen MR) is 91.7 cm³/mol. The first kappa shape index (κ1) is 20.0. The molecule has 0 spiro atoms. The van der Waals surface area contributed by atoms with E-state index in [4.69, 9.17) is 14.6 Å². The van der Waals surface area contributed by atoms with E-state index in [9.17, 15) is 18.0 Å². The molecule has 0 aliphatic carbocycles. The highest BCUT2D eigenvalue weighted by Crippen LogP contribution is 2.31. The van der Waals surface area contributed by atoms with E-state index in [0.29, 0.717) is 31.1 Å². The molecule has 1 amide bonds. The third-order valence-electron chi connectivity index (χ3n) is 3.99. The van der Waals surface area contributed by atoms with Gasteiger partial charge in [-0.15, -0.1) is 0 Å². The van der Waals surface area contributed by atoms with Crippen molar-refractivity contribution in [3.63, 3.8) is 0 Å². The Hall–Kier alpha value is -2.33. The molecule has 0 radical (unpaired) electrons. The van der Waals surface area contributed by atoms with Crippen LogP contribution in [0.25, 0.3) is 0 Å². The van der Waals surface area contributed by atoms with Gasteiger partial charge in [-0.25, -0.2) is 17.9 Å². The Morgan fingerprint density at radius 2 is 1.92 bits per heavy atom. The van der Waals surface area contributed by atoms with Crippen LogP contribution in [0.5, 0.6) is 11.5 Å². The average molecular weight is 386 g/mol. The molecular weight excluding hydrogens is 364 g/mol. The van der Waals surface area contributed by atoms with Gasteiger partial charge >= 0.3 is 5.97 Å². The second kappa shape index (κ2) is 8.37. The summed E-state index contributed by atoms with van der Waals surface area (Å²) in [5.41, 5.74) is 0. The number of hydrogen-bond acceptors (Lipinski definition) is 6. The van der Waals surface area contributed by atoms with Crippen LogP contribution in [-0.2, 0) is 19.6 Å². The zero-order chi connectivity index (χ0) is 19.3. The van der Waals surface area contributed by atoms with E-state index in [0.717, 1.165) is 4.90 Å². The first-order valence-corrected chi connectivity index (χ1v) is 9.58. The fourth-order valence-corrected chi connectivity index (χ4v) is 3.29. The van der Waals surface area contributed by atoms with E-state index in [1.54, 1.807) is 0 Å². The van der Waals surface area contributed by atoms with Crippen LogP contribution in [0.1, 0.15) is 19.8 Å². The summed E-state index contributed by atoms with van der Waals surface area (Å²) in [6, 6.07) is 3.32. The maximum absolute atomic E-state index is 12.4. The first-order chi connectivity index (χ1) is 12.2. The van der Waals surface area contributed by atoms with E-state index in [1.165, 1.54) is 32.2 Å². The lowest BCUT2D eigenvalue weighted by atomic mass is 10.2. The molecule has 9 nitrogen and oxygen atoms in total. The fraction of sp³-hybridized carbons (Fsp3) is 0.500. The monoisotopic (exact) mass is 386 g/mol. The van der Waals surface area contributed by atoms with Crippen LogP contribution in [0.2, 0.25) is 0 Å². The number of ether oxygens (including phenoxy) is 2. The molecule has 26 heavy (non-hydrogen) atoms. The molecule has 2 rings (SSSR count). The third-order valence-corrected chi connectivity index (χ3v) is 5.45. The summed E-state index contributed by atoms with van der Waals surface area (Å²) in [5, 5.41) is 8.89. The predicted octanol–water partition coefficient (Wildman–Crippen LogP) is 0.448. The van der Waals surface area contributed by atoms with Gasteiger partial charge in [0.15, 0.2) is 11.5 Å². The molecule has 2 N–H and O–H groups in total. The molecule has 1 atom stereocenters. The minimum atomic E-state index is -3.84. The normalized spacial score (nSPS) is 15.0. The Labute approximate surface area is 151 Å². The van der Waals surface area contributed by atoms with E-state index in [2.05, 4.69) is 4.72 Å². The van der Waals surface area contributed by atoms with Crippen molar-refractivity contribution in [3.05, 3.63) is 18.2 Å². The number of nitrogens with zero attached hydrogens (tertiary/aromatic N) is 1. The van der Waals surface area contributed by atoms with Crippen LogP contribution in [0, 0.1) is 0 Å². The van der Waals surface area contributed by atoms with Crippen molar-refractivity contribution < 1.29 is 32.6 Å². The maximum Gasteiger partial charge on any atom is 0.326 e. The Morgan fingerprint density at radius 1 is 1.27 bits per heavy atom. The van der Waals surface area contributed by atoms with Gasteiger partial charge in [-0.2, -0.15) is 0 Å². The van der Waals surface area contributed by atoms with Crippen LogP contribution < -0.4 is 14.2 Å². The second-order valence-corrected chi connectivity index (χ2v) is 7.59. The van der Waals surface area contributed by atoms with E-state index >= 15 is 0 Å². The van der Waals surface area contributed by atoms with Gasteiger partial charge in [-0.3, -0.25) is 4.79 Å². The van der Waals surface area contributed by atoms with Crippen molar-refractivity contribution in [1.29, 1.82) is 0 Å². The summed E-state index contributed by atoms with van der Waals surface area (Å²) in [6.45, 7) is 2.17. The number of likely N-dealkylation sites (N-methyl/N-ethyl adjacent to an activating group) is 1. The smallest absolute Gasteiger partial charge is 0.326 e. The highest BCUT2D eigenvalue weighted by atomic mass is 32.2. The molecule has 144 valence electrons. The Morgan fingerprint density at radius 3 is 2.58 bits per heavy atom. The zero-order valence-electron chi connectivity index (χ0n) is 14.6. The van der Waals surface area contributed by atoms with Crippen molar-refractivity contribution >= 4 is 21.9 Å². The SMILES string of the molecule is CC(C(=O)O)N(C)C(=O)CCNS(=O)(=O)c1ccc2c(c1)OCCCO2. The van der Waals surface area contributed by atoms with Crippen LogP contribution in [-0.4, -0.2) is 63.1 Å². The first-order valence-electron chi connectivity index (χ1n) is 8.10. The Balaban J connectivity index is 1.98. The van der Waals surface area contributed by atoms with Gasteiger partial charge < -0.3 is 19.5 Å². The summed E-state index contributed by atoms with van der Waals surface area (Å²) in [7, 11) is -2.48. The number of hydrogen-bond donors (Lipinski definition) is 2. The largest absolute Gasteiger partial charge is 0.490 e. The number of aliphatic carboxylic acids is 1. The standard InChI is InChI=1S/C16H22N2O7S/c1-11(16(20)21)18(2)15(19)6-7-17-26(22,23)12-4-5-13-14(10-12)25-9-3-8-24-13/h4-5,10-11,17H,3,6-9H2,1-2H3,(H,20,21). The quantitative estimate of drug-likeness (QED) is 0.697. The molecule has 0 fully saturated rings. The van der Waals surface area contributed by atoms with Crippen molar-refractivity contribution in [1.82, 2.24) is 9.62 Å². The lowest BCUT2D eigenvalue weighted by Gasteiger charge is -2.21. The number of carbonyl (C=O) groups excluding carboxylic acids is 1. The van der Waals surface area contributed by atoms with Crippen molar-refractivity contribution in [2.75, 3.05) is 26.8 Å². The number of benzene rings is 1. The molecule has 0 aromatic heterocycles. The van der Waals surface area contributed by atoms with Gasteiger partial charge in [0.1, 0.15) is 6.04 Å². The Bertz CT molecular complexity index is 779. The van der Waals surface area contributed by atoms with Crippen LogP contribution in [0.4, 0.5) is 0 Å². The summed E-state index contributed by atoms with van der Waals surface area (Å²) in [6.07, 6.45) is 0.553. The van der Waals surface area contributed by atoms with Crippen LogP contribution in [0.15, 0.2) is 23.1 Å². The summed E-state index contributed by atoms with van der Waals surface area (Å²) in [5.74, 6) is -0.757. The highest BCUT2D eigenvalue weighted by molar-refractivity contribution is 7.89. The number of amides is 1. The average Bonchev–Trinajstić information content (AvgIpc) is 2.84. The van der Waals surface area contributed by atoms with Crippen molar-refractivity contribution in [3.8, 4) is 11.5 Å². The van der Waals surface area contributed by atoms with Gasteiger partial charge in [-0.05, 0) is 19.1 Å². The minimum Gasteiger partial charge on any atom is -0.490 e. The molecule has 1 unspecified atom stereocenters. The number of carboxylic acids is 1. The fourth-order valence-electron chi connectivity index (χ4n) is 2.24. The number of nitrogens with one attached hydrogen (secondary N) is 1. The summed E-state index contributed by atoms with van der Waals surface area (Å²) < 4.78 is 38.0. The lowest BCUT2D eigenvalue weighted by Crippen LogP contribution is -2.41. The summed E-state index contributed by atoms with van der Waals surface area (Å²) in [4.78, 5) is 23.9. The van der Waals surface area contributed by atoms with E-state index in [1.807, 2.05) is 0 Å². The molecule has 0 saturated heterocycles. The molecule has 1 aromatic carbocycles. The lowest BCUT2D eigenvalue weighted by molar-refractivity contribution is -0.148. The van der Waals surface area contributed by atoms with E-state index in [-0.39, 0.29) is 17.9 Å². The number of rotatable bonds is 7. The minimum absolute atomic E-state index is 0.00135. The van der Waals surface area contributed by atoms with Gasteiger partial charge in [0, 0.05) is 32.5 Å². The number of fused-ring (bicyclic) bond motifs is 1. The molecule has 10 heteroatoms. The zero-order valence-corrected chi connectivity index (χ0v) is 15.4. The molecule has 1 aromatic rings. The Kier molecular flexibility index (Phi) is 6.43.